The molecule has 1 aromatic heterocycles. The molecule has 1 saturated heterocycles. The molecule has 1 aliphatic rings. The monoisotopic (exact) mass is 281 g/mol. The first-order valence-corrected chi connectivity index (χ1v) is 6.43. The van der Waals surface area contributed by atoms with Crippen molar-refractivity contribution < 1.29 is 9.53 Å². The van der Waals surface area contributed by atoms with E-state index in [4.69, 9.17) is 4.74 Å². The maximum Gasteiger partial charge on any atom is 0.328 e. The zero-order valence-corrected chi connectivity index (χ0v) is 11.9. The van der Waals surface area contributed by atoms with Crippen LogP contribution in [0.4, 0.5) is 0 Å². The Kier molecular flexibility index (Phi) is 3.80. The van der Waals surface area contributed by atoms with Crippen LogP contribution in [0.15, 0.2) is 15.8 Å². The molecule has 0 bridgehead atoms. The van der Waals surface area contributed by atoms with Crippen LogP contribution in [0, 0.1) is 12.3 Å². The second kappa shape index (κ2) is 5.24. The largest absolute Gasteiger partial charge is 0.380 e. The molecule has 0 aromatic carbocycles. The third-order valence-electron chi connectivity index (χ3n) is 3.44. The maximum absolute atomic E-state index is 12.1. The fraction of sp³-hybridized carbons (Fsp3) is 0.615. The molecule has 2 heterocycles. The lowest BCUT2D eigenvalue weighted by molar-refractivity contribution is -0.142. The molecule has 7 nitrogen and oxygen atoms in total. The summed E-state index contributed by atoms with van der Waals surface area (Å²) in [5, 5.41) is 0. The molecular weight excluding hydrogens is 262 g/mol. The van der Waals surface area contributed by atoms with Crippen LogP contribution in [0.5, 0.6) is 0 Å². The summed E-state index contributed by atoms with van der Waals surface area (Å²) in [5.41, 5.74) is -0.595. The molecule has 0 unspecified atom stereocenters. The highest BCUT2D eigenvalue weighted by atomic mass is 16.5. The molecule has 2 rings (SSSR count). The van der Waals surface area contributed by atoms with E-state index in [0.717, 1.165) is 0 Å². The fourth-order valence-electron chi connectivity index (χ4n) is 2.20. The molecule has 0 atom stereocenters. The van der Waals surface area contributed by atoms with Crippen molar-refractivity contribution in [2.24, 2.45) is 5.41 Å². The van der Waals surface area contributed by atoms with Crippen molar-refractivity contribution in [2.75, 3.05) is 26.8 Å². The van der Waals surface area contributed by atoms with Gasteiger partial charge in [-0.05, 0) is 6.92 Å². The minimum atomic E-state index is -0.569. The number of rotatable bonds is 4. The maximum atomic E-state index is 12.1. The Hall–Kier alpha value is -1.89. The van der Waals surface area contributed by atoms with Crippen LogP contribution < -0.4 is 11.2 Å². The van der Waals surface area contributed by atoms with Crippen LogP contribution in [0.2, 0.25) is 0 Å². The smallest absolute Gasteiger partial charge is 0.328 e. The first kappa shape index (κ1) is 14.5. The van der Waals surface area contributed by atoms with Gasteiger partial charge in [-0.3, -0.25) is 19.1 Å². The Labute approximate surface area is 116 Å². The van der Waals surface area contributed by atoms with Gasteiger partial charge in [-0.2, -0.15) is 0 Å². The lowest BCUT2D eigenvalue weighted by atomic mass is 9.88. The minimum absolute atomic E-state index is 0.00368. The van der Waals surface area contributed by atoms with Crippen LogP contribution in [0.3, 0.4) is 0 Å². The number of nitrogens with one attached hydrogen (secondary N) is 1. The SMILES string of the molecule is Cc1cn(CC(=O)N(C)CC2(C)COC2)c(=O)[nH]c1=O. The highest BCUT2D eigenvalue weighted by Crippen LogP contribution is 2.27. The Morgan fingerprint density at radius 2 is 2.15 bits per heavy atom. The molecule has 1 aliphatic heterocycles. The first-order chi connectivity index (χ1) is 9.31. The number of carbonyl (C=O) groups excluding carboxylic acids is 1. The van der Waals surface area contributed by atoms with Gasteiger partial charge in [-0.15, -0.1) is 0 Å². The van der Waals surface area contributed by atoms with E-state index >= 15 is 0 Å². The summed E-state index contributed by atoms with van der Waals surface area (Å²) in [7, 11) is 1.70. The molecule has 7 heteroatoms. The number of amides is 1. The molecule has 0 radical (unpaired) electrons. The van der Waals surface area contributed by atoms with Crippen molar-refractivity contribution in [3.63, 3.8) is 0 Å². The van der Waals surface area contributed by atoms with Crippen molar-refractivity contribution in [2.45, 2.75) is 20.4 Å². The number of H-pyrrole nitrogens is 1. The molecular formula is C13H19N3O4. The van der Waals surface area contributed by atoms with Gasteiger partial charge in [-0.25, -0.2) is 4.79 Å². The predicted molar refractivity (Wildman–Crippen MR) is 72.6 cm³/mol. The lowest BCUT2D eigenvalue weighted by Crippen LogP contribution is -2.50. The predicted octanol–water partition coefficient (Wildman–Crippen LogP) is -0.660. The standard InChI is InChI=1S/C13H19N3O4/c1-9-4-16(12(19)14-11(9)18)5-10(17)15(3)6-13(2)7-20-8-13/h4H,5-8H2,1-3H3,(H,14,18,19). The summed E-state index contributed by atoms with van der Waals surface area (Å²) in [4.78, 5) is 38.8. The average molecular weight is 281 g/mol. The minimum Gasteiger partial charge on any atom is -0.380 e. The normalized spacial score (nSPS) is 16.6. The second-order valence-electron chi connectivity index (χ2n) is 5.75. The molecule has 0 aliphatic carbocycles. The molecule has 0 saturated carbocycles. The number of likely N-dealkylation sites (N-methyl/N-ethyl adjacent to an activating group) is 1. The van der Waals surface area contributed by atoms with Crippen molar-refractivity contribution >= 4 is 5.91 Å². The highest BCUT2D eigenvalue weighted by molar-refractivity contribution is 5.75. The van der Waals surface area contributed by atoms with Crippen molar-refractivity contribution in [1.29, 1.82) is 0 Å². The van der Waals surface area contributed by atoms with Crippen molar-refractivity contribution in [3.05, 3.63) is 32.6 Å². The number of carbonyl (C=O) groups is 1. The van der Waals surface area contributed by atoms with E-state index < -0.39 is 11.2 Å². The molecule has 0 spiro atoms. The number of hydrogen-bond acceptors (Lipinski definition) is 4. The lowest BCUT2D eigenvalue weighted by Gasteiger charge is -2.40. The molecule has 1 aromatic rings. The van der Waals surface area contributed by atoms with E-state index in [-0.39, 0.29) is 17.9 Å². The summed E-state index contributed by atoms with van der Waals surface area (Å²) < 4.78 is 6.37. The number of aromatic nitrogens is 2. The number of nitrogens with zero attached hydrogens (tertiary/aromatic N) is 2. The Balaban J connectivity index is 2.06. The van der Waals surface area contributed by atoms with Crippen molar-refractivity contribution in [1.82, 2.24) is 14.5 Å². The molecule has 1 amide bonds. The summed E-state index contributed by atoms with van der Waals surface area (Å²) in [5.74, 6) is -0.174. The van der Waals surface area contributed by atoms with Gasteiger partial charge in [0.15, 0.2) is 0 Å². The first-order valence-electron chi connectivity index (χ1n) is 6.43. The quantitative estimate of drug-likeness (QED) is 0.794. The Morgan fingerprint density at radius 1 is 1.50 bits per heavy atom. The van der Waals surface area contributed by atoms with Gasteiger partial charge in [0.1, 0.15) is 6.54 Å². The van der Waals surface area contributed by atoms with Crippen LogP contribution in [0.1, 0.15) is 12.5 Å². The van der Waals surface area contributed by atoms with Gasteiger partial charge in [-0.1, -0.05) is 6.92 Å². The molecule has 110 valence electrons. The van der Waals surface area contributed by atoms with E-state index in [2.05, 4.69) is 11.9 Å². The number of ether oxygens (including phenoxy) is 1. The Bertz CT molecular complexity index is 627. The zero-order valence-electron chi connectivity index (χ0n) is 11.9. The summed E-state index contributed by atoms with van der Waals surface area (Å²) in [6.45, 7) is 5.43. The summed E-state index contributed by atoms with van der Waals surface area (Å²) in [6, 6.07) is 0. The summed E-state index contributed by atoms with van der Waals surface area (Å²) >= 11 is 0. The highest BCUT2D eigenvalue weighted by Gasteiger charge is 2.35. The van der Waals surface area contributed by atoms with E-state index in [1.54, 1.807) is 18.9 Å². The van der Waals surface area contributed by atoms with Gasteiger partial charge in [0.05, 0.1) is 13.2 Å². The molecule has 1 N–H and O–H groups in total. The van der Waals surface area contributed by atoms with Crippen molar-refractivity contribution in [3.8, 4) is 0 Å². The third kappa shape index (κ3) is 2.98. The van der Waals surface area contributed by atoms with E-state index in [1.807, 2.05) is 0 Å². The van der Waals surface area contributed by atoms with Gasteiger partial charge in [0.2, 0.25) is 5.91 Å². The van der Waals surface area contributed by atoms with Crippen LogP contribution in [0.25, 0.3) is 0 Å². The number of aromatic amines is 1. The van der Waals surface area contributed by atoms with E-state index in [0.29, 0.717) is 25.3 Å². The van der Waals surface area contributed by atoms with Gasteiger partial charge >= 0.3 is 5.69 Å². The summed E-state index contributed by atoms with van der Waals surface area (Å²) in [6.07, 6.45) is 1.40. The van der Waals surface area contributed by atoms with Gasteiger partial charge in [0.25, 0.3) is 5.56 Å². The second-order valence-corrected chi connectivity index (χ2v) is 5.75. The Morgan fingerprint density at radius 3 is 2.70 bits per heavy atom. The van der Waals surface area contributed by atoms with Crippen LogP contribution in [-0.2, 0) is 16.1 Å². The average Bonchev–Trinajstić information content (AvgIpc) is 2.33. The van der Waals surface area contributed by atoms with E-state index in [1.165, 1.54) is 10.8 Å². The molecule has 1 fully saturated rings. The third-order valence-corrected chi connectivity index (χ3v) is 3.44. The van der Waals surface area contributed by atoms with Gasteiger partial charge in [0, 0.05) is 30.8 Å². The van der Waals surface area contributed by atoms with Gasteiger partial charge < -0.3 is 9.64 Å². The van der Waals surface area contributed by atoms with E-state index in [9.17, 15) is 14.4 Å². The van der Waals surface area contributed by atoms with Crippen LogP contribution >= 0.6 is 0 Å². The number of hydrogen-bond donors (Lipinski definition) is 1. The number of aryl methyl sites for hydroxylation is 1. The zero-order chi connectivity index (χ0) is 14.9. The van der Waals surface area contributed by atoms with Crippen LogP contribution in [-0.4, -0.2) is 47.2 Å². The topological polar surface area (TPSA) is 84.4 Å². The fourth-order valence-corrected chi connectivity index (χ4v) is 2.20. The molecule has 20 heavy (non-hydrogen) atoms.